The Balaban J connectivity index is 1.92. The number of hydrogen-bond donors (Lipinski definition) is 0. The molecule has 0 amide bonds. The summed E-state index contributed by atoms with van der Waals surface area (Å²) in [6.45, 7) is 0.767. The molecule has 0 unspecified atom stereocenters. The third-order valence-electron chi connectivity index (χ3n) is 3.27. The minimum Gasteiger partial charge on any atom is -0.261 e. The van der Waals surface area contributed by atoms with Crippen LogP contribution in [-0.4, -0.2) is 29.2 Å². The van der Waals surface area contributed by atoms with E-state index in [2.05, 4.69) is 9.97 Å². The van der Waals surface area contributed by atoms with Crippen molar-refractivity contribution in [2.45, 2.75) is 17.9 Å². The Kier molecular flexibility index (Phi) is 3.45. The summed E-state index contributed by atoms with van der Waals surface area (Å²) in [6, 6.07) is 6.68. The molecule has 0 saturated heterocycles. The van der Waals surface area contributed by atoms with Crippen molar-refractivity contribution in [1.82, 2.24) is 14.3 Å². The Morgan fingerprint density at radius 3 is 2.80 bits per heavy atom. The van der Waals surface area contributed by atoms with Gasteiger partial charge < -0.3 is 0 Å². The van der Waals surface area contributed by atoms with E-state index in [0.717, 1.165) is 11.3 Å². The van der Waals surface area contributed by atoms with Crippen molar-refractivity contribution < 1.29 is 8.42 Å². The molecule has 0 fully saturated rings. The first kappa shape index (κ1) is 13.5. The van der Waals surface area contributed by atoms with Crippen LogP contribution in [0.2, 0.25) is 5.15 Å². The molecule has 0 saturated carbocycles. The minimum absolute atomic E-state index is 0.161. The Morgan fingerprint density at radius 1 is 1.20 bits per heavy atom. The lowest BCUT2D eigenvalue weighted by atomic mass is 10.1. The summed E-state index contributed by atoms with van der Waals surface area (Å²) in [5, 5.41) is 0.275. The highest BCUT2D eigenvalue weighted by Crippen LogP contribution is 2.23. The molecule has 1 aliphatic rings. The standard InChI is InChI=1S/C13H12ClN3O2S/c14-13-4-3-11(8-16-13)20(18,19)17-7-5-12-10(9-17)2-1-6-15-12/h1-4,6,8H,5,7,9H2. The van der Waals surface area contributed by atoms with Crippen LogP contribution >= 0.6 is 11.6 Å². The van der Waals surface area contributed by atoms with E-state index in [4.69, 9.17) is 11.6 Å². The lowest BCUT2D eigenvalue weighted by molar-refractivity contribution is 0.387. The van der Waals surface area contributed by atoms with Gasteiger partial charge in [-0.25, -0.2) is 13.4 Å². The summed E-state index contributed by atoms with van der Waals surface area (Å²) < 4.78 is 26.5. The minimum atomic E-state index is -3.54. The quantitative estimate of drug-likeness (QED) is 0.795. The Hall–Kier alpha value is -1.50. The van der Waals surface area contributed by atoms with Crippen molar-refractivity contribution in [1.29, 1.82) is 0 Å². The van der Waals surface area contributed by atoms with Gasteiger partial charge in [0, 0.05) is 37.6 Å². The van der Waals surface area contributed by atoms with Crippen molar-refractivity contribution in [3.05, 3.63) is 53.1 Å². The summed E-state index contributed by atoms with van der Waals surface area (Å²) in [7, 11) is -3.54. The molecule has 5 nitrogen and oxygen atoms in total. The van der Waals surface area contributed by atoms with E-state index in [1.165, 1.54) is 22.6 Å². The van der Waals surface area contributed by atoms with Crippen LogP contribution < -0.4 is 0 Å². The van der Waals surface area contributed by atoms with Gasteiger partial charge in [-0.05, 0) is 23.8 Å². The summed E-state index contributed by atoms with van der Waals surface area (Å²) in [5.74, 6) is 0. The molecule has 7 heteroatoms. The lowest BCUT2D eigenvalue weighted by Gasteiger charge is -2.27. The zero-order chi connectivity index (χ0) is 14.2. The molecule has 0 N–H and O–H groups in total. The van der Waals surface area contributed by atoms with E-state index in [-0.39, 0.29) is 10.0 Å². The largest absolute Gasteiger partial charge is 0.261 e. The first-order valence-corrected chi connectivity index (χ1v) is 7.93. The van der Waals surface area contributed by atoms with Crippen LogP contribution in [0.3, 0.4) is 0 Å². The number of hydrogen-bond acceptors (Lipinski definition) is 4. The second-order valence-corrected chi connectivity index (χ2v) is 6.84. The second kappa shape index (κ2) is 5.12. The molecule has 0 radical (unpaired) electrons. The molecule has 0 bridgehead atoms. The molecule has 0 atom stereocenters. The van der Waals surface area contributed by atoms with Gasteiger partial charge in [0.05, 0.1) is 0 Å². The normalized spacial score (nSPS) is 15.8. The third-order valence-corrected chi connectivity index (χ3v) is 5.32. The van der Waals surface area contributed by atoms with E-state index in [0.29, 0.717) is 19.5 Å². The number of fused-ring (bicyclic) bond motifs is 1. The average molecular weight is 310 g/mol. The maximum absolute atomic E-state index is 12.5. The predicted molar refractivity (Wildman–Crippen MR) is 74.8 cm³/mol. The molecule has 3 heterocycles. The second-order valence-electron chi connectivity index (χ2n) is 4.51. The Labute approximate surface area is 122 Å². The van der Waals surface area contributed by atoms with Gasteiger partial charge in [0.15, 0.2) is 0 Å². The molecule has 1 aliphatic heterocycles. The fourth-order valence-electron chi connectivity index (χ4n) is 2.21. The molecular formula is C13H12ClN3O2S. The smallest absolute Gasteiger partial charge is 0.244 e. The number of rotatable bonds is 2. The van der Waals surface area contributed by atoms with Gasteiger partial charge in [0.2, 0.25) is 10.0 Å². The van der Waals surface area contributed by atoms with Crippen LogP contribution in [0.15, 0.2) is 41.6 Å². The number of sulfonamides is 1. The van der Waals surface area contributed by atoms with E-state index in [1.807, 2.05) is 12.1 Å². The maximum Gasteiger partial charge on any atom is 0.244 e. The van der Waals surface area contributed by atoms with Gasteiger partial charge in [-0.2, -0.15) is 4.31 Å². The van der Waals surface area contributed by atoms with Crippen LogP contribution in [0.1, 0.15) is 11.3 Å². The van der Waals surface area contributed by atoms with Crippen molar-refractivity contribution in [3.63, 3.8) is 0 Å². The molecule has 20 heavy (non-hydrogen) atoms. The van der Waals surface area contributed by atoms with E-state index < -0.39 is 10.0 Å². The first-order chi connectivity index (χ1) is 9.57. The van der Waals surface area contributed by atoms with Crippen LogP contribution in [0.4, 0.5) is 0 Å². The zero-order valence-electron chi connectivity index (χ0n) is 10.5. The first-order valence-electron chi connectivity index (χ1n) is 6.12. The molecule has 0 spiro atoms. The predicted octanol–water partition coefficient (Wildman–Crippen LogP) is 1.88. The van der Waals surface area contributed by atoms with Crippen LogP contribution in [0, 0.1) is 0 Å². The van der Waals surface area contributed by atoms with Gasteiger partial charge >= 0.3 is 0 Å². The topological polar surface area (TPSA) is 63.2 Å². The van der Waals surface area contributed by atoms with Crippen LogP contribution in [0.5, 0.6) is 0 Å². The van der Waals surface area contributed by atoms with Crippen molar-refractivity contribution >= 4 is 21.6 Å². The molecular weight excluding hydrogens is 298 g/mol. The Bertz CT molecular complexity index is 732. The van der Waals surface area contributed by atoms with E-state index in [1.54, 1.807) is 6.20 Å². The number of halogens is 1. The molecule has 3 rings (SSSR count). The summed E-state index contributed by atoms with van der Waals surface area (Å²) >= 11 is 5.69. The molecule has 104 valence electrons. The maximum atomic E-state index is 12.5. The number of pyridine rings is 2. The fourth-order valence-corrected chi connectivity index (χ4v) is 3.69. The highest BCUT2D eigenvalue weighted by Gasteiger charge is 2.28. The van der Waals surface area contributed by atoms with E-state index >= 15 is 0 Å². The molecule has 2 aromatic heterocycles. The van der Waals surface area contributed by atoms with Gasteiger partial charge in [0.1, 0.15) is 10.0 Å². The lowest BCUT2D eigenvalue weighted by Crippen LogP contribution is -2.36. The number of aromatic nitrogens is 2. The third kappa shape index (κ3) is 2.42. The highest BCUT2D eigenvalue weighted by molar-refractivity contribution is 7.89. The van der Waals surface area contributed by atoms with Gasteiger partial charge in [-0.15, -0.1) is 0 Å². The average Bonchev–Trinajstić information content (AvgIpc) is 2.47. The fraction of sp³-hybridized carbons (Fsp3) is 0.231. The van der Waals surface area contributed by atoms with Crippen molar-refractivity contribution in [2.75, 3.05) is 6.54 Å². The van der Waals surface area contributed by atoms with Crippen LogP contribution in [0.25, 0.3) is 0 Å². The molecule has 2 aromatic rings. The van der Waals surface area contributed by atoms with Gasteiger partial charge in [0.25, 0.3) is 0 Å². The molecule has 0 aromatic carbocycles. The van der Waals surface area contributed by atoms with Crippen molar-refractivity contribution in [3.8, 4) is 0 Å². The number of nitrogens with zero attached hydrogens (tertiary/aromatic N) is 3. The summed E-state index contributed by atoms with van der Waals surface area (Å²) in [4.78, 5) is 8.26. The zero-order valence-corrected chi connectivity index (χ0v) is 12.1. The summed E-state index contributed by atoms with van der Waals surface area (Å²) in [6.07, 6.45) is 3.64. The van der Waals surface area contributed by atoms with Crippen molar-refractivity contribution in [2.24, 2.45) is 0 Å². The summed E-state index contributed by atoms with van der Waals surface area (Å²) in [5.41, 5.74) is 1.91. The van der Waals surface area contributed by atoms with Gasteiger partial charge in [-0.3, -0.25) is 4.98 Å². The molecule has 0 aliphatic carbocycles. The highest BCUT2D eigenvalue weighted by atomic mass is 35.5. The monoisotopic (exact) mass is 309 g/mol. The van der Waals surface area contributed by atoms with Gasteiger partial charge in [-0.1, -0.05) is 17.7 Å². The SMILES string of the molecule is O=S(=O)(c1ccc(Cl)nc1)N1CCc2ncccc2C1. The van der Waals surface area contributed by atoms with E-state index in [9.17, 15) is 8.42 Å². The Morgan fingerprint density at radius 2 is 2.05 bits per heavy atom. The van der Waals surface area contributed by atoms with Crippen LogP contribution in [-0.2, 0) is 23.0 Å².